The SMILES string of the molecule is Cc1cc(C)cc(-c2cnc3[nH]c(=O)n(-c4ccc(C=N)c(N)c4)c3n2)c1. The summed E-state index contributed by atoms with van der Waals surface area (Å²) in [6.45, 7) is 4.06. The lowest BCUT2D eigenvalue weighted by atomic mass is 10.1. The van der Waals surface area contributed by atoms with Gasteiger partial charge in [0.15, 0.2) is 11.3 Å². The highest BCUT2D eigenvalue weighted by molar-refractivity contribution is 5.86. The van der Waals surface area contributed by atoms with E-state index in [2.05, 4.69) is 21.0 Å². The molecule has 2 aromatic heterocycles. The van der Waals surface area contributed by atoms with Gasteiger partial charge in [-0.15, -0.1) is 0 Å². The maximum Gasteiger partial charge on any atom is 0.333 e. The van der Waals surface area contributed by atoms with E-state index in [1.807, 2.05) is 26.0 Å². The second-order valence-electron chi connectivity index (χ2n) is 6.53. The zero-order valence-corrected chi connectivity index (χ0v) is 14.9. The van der Waals surface area contributed by atoms with Gasteiger partial charge in [0.05, 0.1) is 17.6 Å². The monoisotopic (exact) mass is 358 g/mol. The summed E-state index contributed by atoms with van der Waals surface area (Å²) in [6.07, 6.45) is 2.83. The second-order valence-corrected chi connectivity index (χ2v) is 6.53. The first-order chi connectivity index (χ1) is 13.0. The standard InChI is InChI=1S/C20H18N6O/c1-11-5-12(2)7-14(6-11)17-10-23-18-19(24-17)26(20(27)25-18)15-4-3-13(9-21)16(22)8-15/h3-10,21H,22H2,1-2H3,(H,23,25,27). The van der Waals surface area contributed by atoms with Crippen molar-refractivity contribution in [2.24, 2.45) is 0 Å². The van der Waals surface area contributed by atoms with E-state index in [9.17, 15) is 4.79 Å². The largest absolute Gasteiger partial charge is 0.398 e. The number of aromatic nitrogens is 4. The van der Waals surface area contributed by atoms with Gasteiger partial charge in [0.25, 0.3) is 0 Å². The molecule has 134 valence electrons. The number of nitrogens with zero attached hydrogens (tertiary/aromatic N) is 3. The number of fused-ring (bicyclic) bond motifs is 1. The second kappa shape index (κ2) is 6.21. The first-order valence-electron chi connectivity index (χ1n) is 8.43. The number of aryl methyl sites for hydroxylation is 2. The summed E-state index contributed by atoms with van der Waals surface area (Å²) >= 11 is 0. The molecule has 0 amide bonds. The summed E-state index contributed by atoms with van der Waals surface area (Å²) in [7, 11) is 0. The van der Waals surface area contributed by atoms with E-state index in [0.717, 1.165) is 16.7 Å². The number of nitrogens with two attached hydrogens (primary N) is 1. The van der Waals surface area contributed by atoms with Crippen LogP contribution < -0.4 is 11.4 Å². The van der Waals surface area contributed by atoms with E-state index in [1.165, 1.54) is 10.8 Å². The van der Waals surface area contributed by atoms with Crippen LogP contribution in [0.25, 0.3) is 28.2 Å². The molecule has 0 spiro atoms. The van der Waals surface area contributed by atoms with Gasteiger partial charge in [-0.3, -0.25) is 4.98 Å². The van der Waals surface area contributed by atoms with Crippen molar-refractivity contribution >= 4 is 23.2 Å². The minimum Gasteiger partial charge on any atom is -0.398 e. The molecule has 0 saturated carbocycles. The molecule has 0 aliphatic rings. The summed E-state index contributed by atoms with van der Waals surface area (Å²) < 4.78 is 1.44. The van der Waals surface area contributed by atoms with Crippen LogP contribution in [0.15, 0.2) is 47.4 Å². The van der Waals surface area contributed by atoms with E-state index < -0.39 is 0 Å². The number of nitrogen functional groups attached to an aromatic ring is 1. The summed E-state index contributed by atoms with van der Waals surface area (Å²) in [5.74, 6) is 0. The van der Waals surface area contributed by atoms with Gasteiger partial charge in [-0.2, -0.15) is 0 Å². The van der Waals surface area contributed by atoms with Gasteiger partial charge in [0.1, 0.15) is 0 Å². The van der Waals surface area contributed by atoms with Crippen molar-refractivity contribution < 1.29 is 0 Å². The molecule has 2 aromatic carbocycles. The first-order valence-corrected chi connectivity index (χ1v) is 8.43. The number of H-pyrrole nitrogens is 1. The molecule has 7 nitrogen and oxygen atoms in total. The zero-order valence-electron chi connectivity index (χ0n) is 14.9. The molecule has 2 heterocycles. The van der Waals surface area contributed by atoms with Gasteiger partial charge in [-0.25, -0.2) is 19.3 Å². The average molecular weight is 358 g/mol. The molecule has 0 atom stereocenters. The van der Waals surface area contributed by atoms with Crippen LogP contribution in [0, 0.1) is 19.3 Å². The Labute approximate surface area is 155 Å². The van der Waals surface area contributed by atoms with Gasteiger partial charge in [0.2, 0.25) is 0 Å². The maximum atomic E-state index is 12.5. The van der Waals surface area contributed by atoms with Gasteiger partial charge in [0, 0.05) is 23.0 Å². The minimum atomic E-state index is -0.343. The van der Waals surface area contributed by atoms with Crippen LogP contribution in [0.1, 0.15) is 16.7 Å². The third-order valence-electron chi connectivity index (χ3n) is 4.40. The molecule has 0 saturated heterocycles. The first kappa shape index (κ1) is 16.7. The van der Waals surface area contributed by atoms with Gasteiger partial charge in [-0.05, 0) is 44.2 Å². The normalized spacial score (nSPS) is 11.0. The Hall–Kier alpha value is -3.74. The summed E-state index contributed by atoms with van der Waals surface area (Å²) in [5.41, 5.74) is 11.9. The molecule has 27 heavy (non-hydrogen) atoms. The fraction of sp³-hybridized carbons (Fsp3) is 0.100. The Morgan fingerprint density at radius 3 is 2.56 bits per heavy atom. The molecule has 4 aromatic rings. The molecule has 0 aliphatic heterocycles. The van der Waals surface area contributed by atoms with Crippen LogP contribution >= 0.6 is 0 Å². The lowest BCUT2D eigenvalue weighted by Gasteiger charge is -2.07. The number of hydrogen-bond donors (Lipinski definition) is 3. The summed E-state index contributed by atoms with van der Waals surface area (Å²) in [5, 5.41) is 7.36. The Bertz CT molecular complexity index is 1230. The fourth-order valence-corrected chi connectivity index (χ4v) is 3.21. The number of hydrogen-bond acceptors (Lipinski definition) is 5. The number of rotatable bonds is 3. The molecule has 0 bridgehead atoms. The molecule has 0 radical (unpaired) electrons. The van der Waals surface area contributed by atoms with Crippen molar-refractivity contribution in [2.75, 3.05) is 5.73 Å². The Morgan fingerprint density at radius 1 is 1.15 bits per heavy atom. The third-order valence-corrected chi connectivity index (χ3v) is 4.40. The van der Waals surface area contributed by atoms with Crippen LogP contribution in [0.4, 0.5) is 5.69 Å². The van der Waals surface area contributed by atoms with E-state index in [1.54, 1.807) is 24.4 Å². The topological polar surface area (TPSA) is 113 Å². The molecule has 4 N–H and O–H groups in total. The van der Waals surface area contributed by atoms with E-state index in [-0.39, 0.29) is 5.69 Å². The van der Waals surface area contributed by atoms with Gasteiger partial charge >= 0.3 is 5.69 Å². The lowest BCUT2D eigenvalue weighted by molar-refractivity contribution is 1.00. The van der Waals surface area contributed by atoms with Gasteiger partial charge < -0.3 is 11.1 Å². The van der Waals surface area contributed by atoms with Crippen LogP contribution in [0.2, 0.25) is 0 Å². The van der Waals surface area contributed by atoms with E-state index in [0.29, 0.717) is 33.9 Å². The number of aromatic amines is 1. The zero-order chi connectivity index (χ0) is 19.1. The molecule has 0 fully saturated rings. The Morgan fingerprint density at radius 2 is 1.89 bits per heavy atom. The minimum absolute atomic E-state index is 0.343. The highest BCUT2D eigenvalue weighted by Crippen LogP contribution is 2.23. The fourth-order valence-electron chi connectivity index (χ4n) is 3.21. The number of nitrogens with one attached hydrogen (secondary N) is 2. The quantitative estimate of drug-likeness (QED) is 0.386. The van der Waals surface area contributed by atoms with Crippen molar-refractivity contribution in [3.05, 3.63) is 69.8 Å². The highest BCUT2D eigenvalue weighted by atomic mass is 16.1. The van der Waals surface area contributed by atoms with E-state index in [4.69, 9.17) is 11.1 Å². The predicted molar refractivity (Wildman–Crippen MR) is 107 cm³/mol. The van der Waals surface area contributed by atoms with Crippen LogP contribution in [0.3, 0.4) is 0 Å². The molecule has 0 aliphatic carbocycles. The van der Waals surface area contributed by atoms with Crippen molar-refractivity contribution in [3.8, 4) is 16.9 Å². The van der Waals surface area contributed by atoms with Crippen LogP contribution in [-0.2, 0) is 0 Å². The number of imidazole rings is 1. The van der Waals surface area contributed by atoms with Gasteiger partial charge in [-0.1, -0.05) is 17.2 Å². The van der Waals surface area contributed by atoms with Crippen LogP contribution in [0.5, 0.6) is 0 Å². The number of anilines is 1. The average Bonchev–Trinajstić information content (AvgIpc) is 2.95. The highest BCUT2D eigenvalue weighted by Gasteiger charge is 2.14. The Kier molecular flexibility index (Phi) is 3.84. The Balaban J connectivity index is 1.94. The lowest BCUT2D eigenvalue weighted by Crippen LogP contribution is -2.15. The van der Waals surface area contributed by atoms with Crippen molar-refractivity contribution in [1.29, 1.82) is 5.41 Å². The van der Waals surface area contributed by atoms with Crippen LogP contribution in [-0.4, -0.2) is 25.7 Å². The van der Waals surface area contributed by atoms with E-state index >= 15 is 0 Å². The third kappa shape index (κ3) is 2.89. The van der Waals surface area contributed by atoms with Crippen molar-refractivity contribution in [2.45, 2.75) is 13.8 Å². The molecule has 7 heteroatoms. The molecule has 4 rings (SSSR count). The van der Waals surface area contributed by atoms with Crippen molar-refractivity contribution in [3.63, 3.8) is 0 Å². The maximum absolute atomic E-state index is 12.5. The summed E-state index contributed by atoms with van der Waals surface area (Å²) in [4.78, 5) is 24.3. The predicted octanol–water partition coefficient (Wildman–Crippen LogP) is 2.97. The smallest absolute Gasteiger partial charge is 0.333 e. The molecule has 0 unspecified atom stereocenters. The molecular weight excluding hydrogens is 340 g/mol. The number of benzene rings is 2. The molecular formula is C20H18N6O. The van der Waals surface area contributed by atoms with Crippen molar-refractivity contribution in [1.82, 2.24) is 19.5 Å². The summed E-state index contributed by atoms with van der Waals surface area (Å²) in [6, 6.07) is 11.2.